The Balaban J connectivity index is 1.42. The van der Waals surface area contributed by atoms with Gasteiger partial charge in [0, 0.05) is 6.08 Å². The average Bonchev–Trinajstić information content (AvgIpc) is 2.74. The minimum absolute atomic E-state index is 0.00858. The van der Waals surface area contributed by atoms with Crippen LogP contribution in [0.25, 0.3) is 6.08 Å². The van der Waals surface area contributed by atoms with Crippen molar-refractivity contribution in [1.29, 1.82) is 0 Å². The lowest BCUT2D eigenvalue weighted by molar-refractivity contribution is -0.140. The van der Waals surface area contributed by atoms with Crippen molar-refractivity contribution in [1.82, 2.24) is 0 Å². The Morgan fingerprint density at radius 2 is 1.55 bits per heavy atom. The molecule has 4 heteroatoms. The topological polar surface area (TPSA) is 63.6 Å². The van der Waals surface area contributed by atoms with Crippen LogP contribution in [0.15, 0.2) is 30.3 Å². The Morgan fingerprint density at radius 3 is 2.10 bits per heavy atom. The molecule has 0 bridgehead atoms. The van der Waals surface area contributed by atoms with Crippen molar-refractivity contribution in [3.8, 4) is 5.75 Å². The number of ether oxygens (including phenoxy) is 1. The minimum Gasteiger partial charge on any atom is -0.478 e. The first kappa shape index (κ1) is 21.6. The molecule has 2 saturated carbocycles. The maximum atomic E-state index is 12.6. The van der Waals surface area contributed by atoms with E-state index in [0.717, 1.165) is 55.1 Å². The van der Waals surface area contributed by atoms with E-state index in [2.05, 4.69) is 6.92 Å². The third-order valence-corrected chi connectivity index (χ3v) is 6.88. The zero-order valence-electron chi connectivity index (χ0n) is 17.5. The van der Waals surface area contributed by atoms with Gasteiger partial charge in [0.15, 0.2) is 0 Å². The van der Waals surface area contributed by atoms with Crippen LogP contribution in [0.4, 0.5) is 0 Å². The quantitative estimate of drug-likeness (QED) is 0.342. The van der Waals surface area contributed by atoms with Gasteiger partial charge < -0.3 is 9.84 Å². The molecule has 0 saturated heterocycles. The standard InChI is InChI=1S/C25H34O4/c1-2-3-18-4-9-20(10-5-18)21-11-13-22(14-12-21)25(28)29-23-15-6-19(7-16-23)8-17-24(26)27/h6-8,15-18,20-22H,2-5,9-14H2,1H3,(H,26,27)/b17-8+. The van der Waals surface area contributed by atoms with Crippen LogP contribution < -0.4 is 4.74 Å². The Hall–Kier alpha value is -2.10. The molecule has 2 fully saturated rings. The summed E-state index contributed by atoms with van der Waals surface area (Å²) in [4.78, 5) is 23.1. The maximum Gasteiger partial charge on any atom is 0.328 e. The largest absolute Gasteiger partial charge is 0.478 e. The van der Waals surface area contributed by atoms with Gasteiger partial charge in [-0.1, -0.05) is 44.7 Å². The van der Waals surface area contributed by atoms with Gasteiger partial charge in [-0.05, 0) is 80.1 Å². The number of esters is 1. The van der Waals surface area contributed by atoms with Crippen molar-refractivity contribution in [3.63, 3.8) is 0 Å². The Labute approximate surface area is 174 Å². The molecule has 4 nitrogen and oxygen atoms in total. The molecule has 2 aliphatic carbocycles. The lowest BCUT2D eigenvalue weighted by atomic mass is 9.69. The highest BCUT2D eigenvalue weighted by atomic mass is 16.5. The molecular weight excluding hydrogens is 364 g/mol. The predicted octanol–water partition coefficient (Wildman–Crippen LogP) is 6.10. The van der Waals surface area contributed by atoms with Crippen molar-refractivity contribution in [2.24, 2.45) is 23.7 Å². The van der Waals surface area contributed by atoms with Crippen molar-refractivity contribution in [2.75, 3.05) is 0 Å². The molecule has 0 unspecified atom stereocenters. The zero-order chi connectivity index (χ0) is 20.6. The van der Waals surface area contributed by atoms with Crippen LogP contribution in [0.3, 0.4) is 0 Å². The van der Waals surface area contributed by atoms with E-state index in [1.54, 1.807) is 24.3 Å². The van der Waals surface area contributed by atoms with Gasteiger partial charge >= 0.3 is 11.9 Å². The Morgan fingerprint density at radius 1 is 0.966 bits per heavy atom. The summed E-state index contributed by atoms with van der Waals surface area (Å²) in [6, 6.07) is 6.96. The SMILES string of the molecule is CCCC1CCC(C2CCC(C(=O)Oc3ccc(/C=C/C(=O)O)cc3)CC2)CC1. The second kappa shape index (κ2) is 10.6. The smallest absolute Gasteiger partial charge is 0.328 e. The van der Waals surface area contributed by atoms with Gasteiger partial charge in [-0.15, -0.1) is 0 Å². The van der Waals surface area contributed by atoms with Gasteiger partial charge in [-0.2, -0.15) is 0 Å². The van der Waals surface area contributed by atoms with Crippen LogP contribution in [-0.4, -0.2) is 17.0 Å². The molecule has 1 aromatic carbocycles. The number of benzene rings is 1. The predicted molar refractivity (Wildman–Crippen MR) is 115 cm³/mol. The number of rotatable bonds is 7. The lowest BCUT2D eigenvalue weighted by Crippen LogP contribution is -2.30. The summed E-state index contributed by atoms with van der Waals surface area (Å²) in [6.45, 7) is 2.29. The van der Waals surface area contributed by atoms with Gasteiger partial charge in [0.1, 0.15) is 5.75 Å². The van der Waals surface area contributed by atoms with Crippen molar-refractivity contribution in [2.45, 2.75) is 71.1 Å². The fraction of sp³-hybridized carbons (Fsp3) is 0.600. The van der Waals surface area contributed by atoms with Gasteiger partial charge in [-0.25, -0.2) is 4.79 Å². The third kappa shape index (κ3) is 6.45. The molecule has 0 spiro atoms. The maximum absolute atomic E-state index is 12.6. The van der Waals surface area contributed by atoms with E-state index in [4.69, 9.17) is 9.84 Å². The third-order valence-electron chi connectivity index (χ3n) is 6.88. The van der Waals surface area contributed by atoms with E-state index in [0.29, 0.717) is 5.75 Å². The van der Waals surface area contributed by atoms with Gasteiger partial charge in [0.05, 0.1) is 5.92 Å². The van der Waals surface area contributed by atoms with Gasteiger partial charge in [0.25, 0.3) is 0 Å². The summed E-state index contributed by atoms with van der Waals surface area (Å²) in [5.41, 5.74) is 0.765. The van der Waals surface area contributed by atoms with Crippen molar-refractivity contribution < 1.29 is 19.4 Å². The van der Waals surface area contributed by atoms with Crippen LogP contribution in [0.5, 0.6) is 5.75 Å². The molecule has 0 aromatic heterocycles. The number of hydrogen-bond donors (Lipinski definition) is 1. The van der Waals surface area contributed by atoms with E-state index in [1.807, 2.05) is 0 Å². The second-order valence-corrected chi connectivity index (χ2v) is 8.84. The number of carbonyl (C=O) groups excluding carboxylic acids is 1. The zero-order valence-corrected chi connectivity index (χ0v) is 17.5. The molecule has 0 aliphatic heterocycles. The van der Waals surface area contributed by atoms with Crippen molar-refractivity contribution in [3.05, 3.63) is 35.9 Å². The average molecular weight is 399 g/mol. The molecule has 0 amide bonds. The molecule has 0 radical (unpaired) electrons. The summed E-state index contributed by atoms with van der Waals surface area (Å²) in [5, 5.41) is 8.67. The summed E-state index contributed by atoms with van der Waals surface area (Å²) in [7, 11) is 0. The van der Waals surface area contributed by atoms with Crippen LogP contribution in [-0.2, 0) is 9.59 Å². The first-order valence-electron chi connectivity index (χ1n) is 11.3. The lowest BCUT2D eigenvalue weighted by Gasteiger charge is -2.37. The molecule has 2 aliphatic rings. The highest BCUT2D eigenvalue weighted by Crippen LogP contribution is 2.42. The highest BCUT2D eigenvalue weighted by Gasteiger charge is 2.33. The number of carbonyl (C=O) groups is 2. The summed E-state index contributed by atoms with van der Waals surface area (Å²) < 4.78 is 5.58. The fourth-order valence-electron chi connectivity index (χ4n) is 5.20. The molecule has 1 N–H and O–H groups in total. The summed E-state index contributed by atoms with van der Waals surface area (Å²) in [5.74, 6) is 2.05. The van der Waals surface area contributed by atoms with Crippen LogP contribution in [0.2, 0.25) is 0 Å². The second-order valence-electron chi connectivity index (χ2n) is 8.84. The van der Waals surface area contributed by atoms with Crippen LogP contribution in [0.1, 0.15) is 76.7 Å². The normalized spacial score (nSPS) is 27.6. The number of aliphatic carboxylic acids is 1. The highest BCUT2D eigenvalue weighted by molar-refractivity contribution is 5.85. The first-order chi connectivity index (χ1) is 14.0. The van der Waals surface area contributed by atoms with Gasteiger partial charge in [-0.3, -0.25) is 4.79 Å². The minimum atomic E-state index is -0.981. The van der Waals surface area contributed by atoms with E-state index in [9.17, 15) is 9.59 Å². The molecule has 1 aromatic rings. The molecular formula is C25H34O4. The molecule has 0 atom stereocenters. The molecule has 158 valence electrons. The monoisotopic (exact) mass is 398 g/mol. The number of hydrogen-bond acceptors (Lipinski definition) is 3. The first-order valence-corrected chi connectivity index (χ1v) is 11.3. The fourth-order valence-corrected chi connectivity index (χ4v) is 5.20. The van der Waals surface area contributed by atoms with E-state index in [-0.39, 0.29) is 11.9 Å². The van der Waals surface area contributed by atoms with Crippen LogP contribution >= 0.6 is 0 Å². The van der Waals surface area contributed by atoms with E-state index < -0.39 is 5.97 Å². The van der Waals surface area contributed by atoms with E-state index in [1.165, 1.54) is 44.6 Å². The van der Waals surface area contributed by atoms with E-state index >= 15 is 0 Å². The molecule has 3 rings (SSSR count). The summed E-state index contributed by atoms with van der Waals surface area (Å²) >= 11 is 0. The van der Waals surface area contributed by atoms with Crippen LogP contribution in [0, 0.1) is 23.7 Å². The van der Waals surface area contributed by atoms with Crippen molar-refractivity contribution >= 4 is 18.0 Å². The van der Waals surface area contributed by atoms with Gasteiger partial charge in [0.2, 0.25) is 0 Å². The molecule has 29 heavy (non-hydrogen) atoms. The Bertz CT molecular complexity index is 690. The Kier molecular flexibility index (Phi) is 7.91. The summed E-state index contributed by atoms with van der Waals surface area (Å²) in [6.07, 6.45) is 15.1. The number of carboxylic acid groups (broad SMARTS) is 1. The number of carboxylic acids is 1. The molecule has 0 heterocycles.